The molecule has 0 aliphatic carbocycles. The summed E-state index contributed by atoms with van der Waals surface area (Å²) in [5, 5.41) is 9.68. The van der Waals surface area contributed by atoms with Crippen molar-refractivity contribution in [2.24, 2.45) is 0 Å². The molecule has 0 fully saturated rings. The molecule has 1 N–H and O–H groups in total. The van der Waals surface area contributed by atoms with Crippen LogP contribution in [0.2, 0.25) is 0 Å². The molecule has 5 heteroatoms. The number of carbonyl (C=O) groups is 1. The Bertz CT molecular complexity index is 559. The number of aromatic nitrogens is 1. The molecule has 0 atom stereocenters. The molecule has 2 aromatic rings. The molecule has 0 saturated carbocycles. The number of rotatable bonds is 4. The van der Waals surface area contributed by atoms with Crippen LogP contribution in [0.15, 0.2) is 24.4 Å². The molecule has 1 aromatic heterocycles. The lowest BCUT2D eigenvalue weighted by Gasteiger charge is -2.07. The van der Waals surface area contributed by atoms with Crippen LogP contribution in [0.25, 0.3) is 10.9 Å². The third-order valence-electron chi connectivity index (χ3n) is 2.59. The van der Waals surface area contributed by atoms with Gasteiger partial charge >= 0.3 is 5.97 Å². The fraction of sp³-hybridized carbons (Fsp3) is 0.250. The van der Waals surface area contributed by atoms with Crippen LogP contribution >= 0.6 is 0 Å². The Hall–Kier alpha value is -2.17. The van der Waals surface area contributed by atoms with Crippen LogP contribution in [0.1, 0.15) is 0 Å². The van der Waals surface area contributed by atoms with Crippen molar-refractivity contribution in [1.82, 2.24) is 4.57 Å². The van der Waals surface area contributed by atoms with E-state index in [-0.39, 0.29) is 6.54 Å². The Morgan fingerprint density at radius 2 is 2.12 bits per heavy atom. The Balaban J connectivity index is 2.61. The van der Waals surface area contributed by atoms with Crippen molar-refractivity contribution in [3.05, 3.63) is 24.4 Å². The van der Waals surface area contributed by atoms with E-state index in [1.807, 2.05) is 6.07 Å². The summed E-state index contributed by atoms with van der Waals surface area (Å²) in [6.45, 7) is -0.0835. The summed E-state index contributed by atoms with van der Waals surface area (Å²) in [6, 6.07) is 5.39. The molecule has 0 saturated heterocycles. The maximum absolute atomic E-state index is 10.7. The highest BCUT2D eigenvalue weighted by atomic mass is 16.5. The first-order valence-corrected chi connectivity index (χ1v) is 5.08. The molecule has 0 spiro atoms. The Morgan fingerprint density at radius 3 is 2.71 bits per heavy atom. The molecule has 0 aliphatic heterocycles. The molecular weight excluding hydrogens is 222 g/mol. The number of fused-ring (bicyclic) bond motifs is 1. The van der Waals surface area contributed by atoms with E-state index in [1.165, 1.54) is 0 Å². The largest absolute Gasteiger partial charge is 0.497 e. The van der Waals surface area contributed by atoms with Gasteiger partial charge in [-0.05, 0) is 6.07 Å². The summed E-state index contributed by atoms with van der Waals surface area (Å²) in [5.74, 6) is 0.424. The zero-order valence-electron chi connectivity index (χ0n) is 9.64. The molecule has 90 valence electrons. The number of nitrogens with zero attached hydrogens (tertiary/aromatic N) is 1. The molecule has 2 rings (SSSR count). The summed E-state index contributed by atoms with van der Waals surface area (Å²) in [6.07, 6.45) is 1.72. The molecule has 0 bridgehead atoms. The van der Waals surface area contributed by atoms with Gasteiger partial charge in [0.25, 0.3) is 0 Å². The first-order valence-electron chi connectivity index (χ1n) is 5.08. The maximum atomic E-state index is 10.7. The number of aliphatic carboxylic acids is 1. The number of ether oxygens (including phenoxy) is 2. The van der Waals surface area contributed by atoms with E-state index >= 15 is 0 Å². The van der Waals surface area contributed by atoms with Crippen molar-refractivity contribution < 1.29 is 19.4 Å². The molecule has 5 nitrogen and oxygen atoms in total. The van der Waals surface area contributed by atoms with Crippen molar-refractivity contribution in [3.8, 4) is 11.5 Å². The number of carboxylic acids is 1. The number of methoxy groups -OCH3 is 2. The zero-order valence-corrected chi connectivity index (χ0v) is 9.64. The fourth-order valence-corrected chi connectivity index (χ4v) is 1.81. The van der Waals surface area contributed by atoms with Crippen LogP contribution in [-0.2, 0) is 11.3 Å². The average Bonchev–Trinajstić information content (AvgIpc) is 2.70. The Kier molecular flexibility index (Phi) is 2.91. The first-order chi connectivity index (χ1) is 8.15. The highest BCUT2D eigenvalue weighted by Crippen LogP contribution is 2.31. The molecule has 0 amide bonds. The lowest BCUT2D eigenvalue weighted by molar-refractivity contribution is -0.137. The van der Waals surface area contributed by atoms with Gasteiger partial charge in [-0.25, -0.2) is 0 Å². The van der Waals surface area contributed by atoms with Crippen LogP contribution < -0.4 is 9.47 Å². The van der Waals surface area contributed by atoms with Gasteiger partial charge in [0.2, 0.25) is 0 Å². The van der Waals surface area contributed by atoms with Gasteiger partial charge < -0.3 is 19.1 Å². The topological polar surface area (TPSA) is 60.7 Å². The second-order valence-corrected chi connectivity index (χ2v) is 3.60. The van der Waals surface area contributed by atoms with Gasteiger partial charge in [0.15, 0.2) is 0 Å². The van der Waals surface area contributed by atoms with Crippen LogP contribution in [0.3, 0.4) is 0 Å². The third kappa shape index (κ3) is 2.04. The molecule has 0 aliphatic rings. The quantitative estimate of drug-likeness (QED) is 0.876. The average molecular weight is 235 g/mol. The first kappa shape index (κ1) is 11.3. The summed E-state index contributed by atoms with van der Waals surface area (Å²) in [7, 11) is 3.13. The number of hydrogen-bond donors (Lipinski definition) is 1. The van der Waals surface area contributed by atoms with Gasteiger partial charge in [-0.1, -0.05) is 0 Å². The lowest BCUT2D eigenvalue weighted by Crippen LogP contribution is -2.07. The minimum atomic E-state index is -0.885. The number of hydrogen-bond acceptors (Lipinski definition) is 3. The van der Waals surface area contributed by atoms with Crippen LogP contribution in [0.4, 0.5) is 0 Å². The van der Waals surface area contributed by atoms with Gasteiger partial charge in [-0.15, -0.1) is 0 Å². The van der Waals surface area contributed by atoms with E-state index in [4.69, 9.17) is 14.6 Å². The van der Waals surface area contributed by atoms with E-state index in [0.29, 0.717) is 11.5 Å². The predicted molar refractivity (Wildman–Crippen MR) is 62.7 cm³/mol. The second kappa shape index (κ2) is 4.37. The highest BCUT2D eigenvalue weighted by molar-refractivity contribution is 5.89. The highest BCUT2D eigenvalue weighted by Gasteiger charge is 2.10. The van der Waals surface area contributed by atoms with Crippen molar-refractivity contribution in [3.63, 3.8) is 0 Å². The van der Waals surface area contributed by atoms with E-state index in [0.717, 1.165) is 10.9 Å². The van der Waals surface area contributed by atoms with Gasteiger partial charge in [0, 0.05) is 23.7 Å². The molecular formula is C12H13NO4. The van der Waals surface area contributed by atoms with Gasteiger partial charge in [-0.2, -0.15) is 0 Å². The molecule has 17 heavy (non-hydrogen) atoms. The zero-order chi connectivity index (χ0) is 12.4. The van der Waals surface area contributed by atoms with Gasteiger partial charge in [-0.3, -0.25) is 4.79 Å². The van der Waals surface area contributed by atoms with Crippen molar-refractivity contribution >= 4 is 16.9 Å². The third-order valence-corrected chi connectivity index (χ3v) is 2.59. The normalized spacial score (nSPS) is 10.5. The van der Waals surface area contributed by atoms with E-state index in [1.54, 1.807) is 37.1 Å². The smallest absolute Gasteiger partial charge is 0.323 e. The van der Waals surface area contributed by atoms with Crippen molar-refractivity contribution in [1.29, 1.82) is 0 Å². The Morgan fingerprint density at radius 1 is 1.35 bits per heavy atom. The summed E-state index contributed by atoms with van der Waals surface area (Å²) in [5.41, 5.74) is 0.781. The standard InChI is InChI=1S/C12H13NO4/c1-16-8-5-10-9(11(6-8)17-2)3-4-13(10)7-12(14)15/h3-6H,7H2,1-2H3,(H,14,15). The summed E-state index contributed by atoms with van der Waals surface area (Å²) < 4.78 is 12.0. The lowest BCUT2D eigenvalue weighted by atomic mass is 10.2. The van der Waals surface area contributed by atoms with Crippen LogP contribution in [-0.4, -0.2) is 29.9 Å². The second-order valence-electron chi connectivity index (χ2n) is 3.60. The van der Waals surface area contributed by atoms with E-state index in [9.17, 15) is 4.79 Å². The van der Waals surface area contributed by atoms with Gasteiger partial charge in [0.1, 0.15) is 18.0 Å². The molecule has 0 unspecified atom stereocenters. The molecule has 0 radical (unpaired) electrons. The molecule has 1 aromatic carbocycles. The summed E-state index contributed by atoms with van der Waals surface area (Å²) >= 11 is 0. The van der Waals surface area contributed by atoms with Crippen molar-refractivity contribution in [2.45, 2.75) is 6.54 Å². The van der Waals surface area contributed by atoms with E-state index in [2.05, 4.69) is 0 Å². The SMILES string of the molecule is COc1cc(OC)c2ccn(CC(=O)O)c2c1. The van der Waals surface area contributed by atoms with Gasteiger partial charge in [0.05, 0.1) is 19.7 Å². The predicted octanol–water partition coefficient (Wildman–Crippen LogP) is 1.74. The van der Waals surface area contributed by atoms with Crippen LogP contribution in [0, 0.1) is 0 Å². The minimum absolute atomic E-state index is 0.0835. The fourth-order valence-electron chi connectivity index (χ4n) is 1.81. The Labute approximate surface area is 98.2 Å². The van der Waals surface area contributed by atoms with E-state index < -0.39 is 5.97 Å². The number of benzene rings is 1. The summed E-state index contributed by atoms with van der Waals surface area (Å²) in [4.78, 5) is 10.7. The minimum Gasteiger partial charge on any atom is -0.497 e. The monoisotopic (exact) mass is 235 g/mol. The van der Waals surface area contributed by atoms with Crippen molar-refractivity contribution in [2.75, 3.05) is 14.2 Å². The number of carboxylic acid groups (broad SMARTS) is 1. The molecule has 1 heterocycles. The maximum Gasteiger partial charge on any atom is 0.323 e. The van der Waals surface area contributed by atoms with Crippen LogP contribution in [0.5, 0.6) is 11.5 Å².